The van der Waals surface area contributed by atoms with Gasteiger partial charge in [-0.15, -0.1) is 0 Å². The number of rotatable bonds is 2. The van der Waals surface area contributed by atoms with Gasteiger partial charge in [0.25, 0.3) is 5.91 Å². The summed E-state index contributed by atoms with van der Waals surface area (Å²) in [5.74, 6) is 0.343. The van der Waals surface area contributed by atoms with E-state index in [0.717, 1.165) is 25.0 Å². The van der Waals surface area contributed by atoms with E-state index >= 15 is 0 Å². The SMILES string of the molecule is CC1CCC/C(=N/NC(=O)c2ccc(Cl)cc2Cl)C1. The van der Waals surface area contributed by atoms with Crippen molar-refractivity contribution in [3.05, 3.63) is 33.8 Å². The Kier molecular flexibility index (Phi) is 4.83. The number of halogens is 2. The van der Waals surface area contributed by atoms with E-state index in [4.69, 9.17) is 23.2 Å². The van der Waals surface area contributed by atoms with Gasteiger partial charge in [-0.25, -0.2) is 5.43 Å². The minimum absolute atomic E-state index is 0.299. The van der Waals surface area contributed by atoms with Crippen LogP contribution in [0, 0.1) is 5.92 Å². The van der Waals surface area contributed by atoms with Gasteiger partial charge in [0.15, 0.2) is 0 Å². The zero-order valence-electron chi connectivity index (χ0n) is 10.7. The quantitative estimate of drug-likeness (QED) is 0.813. The fourth-order valence-electron chi connectivity index (χ4n) is 2.23. The molecule has 0 aromatic heterocycles. The average molecular weight is 299 g/mol. The zero-order valence-corrected chi connectivity index (χ0v) is 12.3. The molecule has 102 valence electrons. The lowest BCUT2D eigenvalue weighted by Gasteiger charge is -2.19. The zero-order chi connectivity index (χ0) is 13.8. The standard InChI is InChI=1S/C14H16Cl2N2O/c1-9-3-2-4-11(7-9)17-18-14(19)12-6-5-10(15)8-13(12)16/h5-6,8-9H,2-4,7H2,1H3,(H,18,19)/b17-11-. The van der Waals surface area contributed by atoms with Gasteiger partial charge < -0.3 is 0 Å². The summed E-state index contributed by atoms with van der Waals surface area (Å²) in [5, 5.41) is 5.04. The van der Waals surface area contributed by atoms with Crippen molar-refractivity contribution in [2.75, 3.05) is 0 Å². The summed E-state index contributed by atoms with van der Waals surface area (Å²) in [6.45, 7) is 2.20. The van der Waals surface area contributed by atoms with Gasteiger partial charge >= 0.3 is 0 Å². The Hall–Kier alpha value is -1.06. The van der Waals surface area contributed by atoms with Gasteiger partial charge in [0.2, 0.25) is 0 Å². The molecule has 0 heterocycles. The molecule has 1 saturated carbocycles. The van der Waals surface area contributed by atoms with Crippen LogP contribution < -0.4 is 5.43 Å². The van der Waals surface area contributed by atoms with Crippen molar-refractivity contribution in [3.8, 4) is 0 Å². The maximum atomic E-state index is 12.0. The second-order valence-corrected chi connectivity index (χ2v) is 5.79. The van der Waals surface area contributed by atoms with Crippen LogP contribution in [0.4, 0.5) is 0 Å². The van der Waals surface area contributed by atoms with Crippen LogP contribution in [0.5, 0.6) is 0 Å². The largest absolute Gasteiger partial charge is 0.272 e. The summed E-state index contributed by atoms with van der Waals surface area (Å²) in [6.07, 6.45) is 4.28. The molecule has 1 aromatic carbocycles. The van der Waals surface area contributed by atoms with Crippen molar-refractivity contribution in [3.63, 3.8) is 0 Å². The Morgan fingerprint density at radius 2 is 2.21 bits per heavy atom. The first-order valence-electron chi connectivity index (χ1n) is 6.37. The molecule has 1 aliphatic carbocycles. The van der Waals surface area contributed by atoms with Crippen LogP contribution in [0.25, 0.3) is 0 Å². The third kappa shape index (κ3) is 3.95. The van der Waals surface area contributed by atoms with E-state index in [2.05, 4.69) is 17.5 Å². The van der Waals surface area contributed by atoms with Crippen molar-refractivity contribution >= 4 is 34.8 Å². The molecule has 1 atom stereocenters. The predicted octanol–water partition coefficient (Wildman–Crippen LogP) is 4.29. The molecule has 0 bridgehead atoms. The number of benzene rings is 1. The molecule has 1 amide bonds. The molecule has 0 saturated heterocycles. The second kappa shape index (κ2) is 6.40. The van der Waals surface area contributed by atoms with Crippen LogP contribution in [-0.4, -0.2) is 11.6 Å². The molecule has 0 aliphatic heterocycles. The summed E-state index contributed by atoms with van der Waals surface area (Å²) in [6, 6.07) is 4.79. The molecule has 1 aromatic rings. The number of hydrogen-bond donors (Lipinski definition) is 1. The maximum Gasteiger partial charge on any atom is 0.272 e. The Morgan fingerprint density at radius 3 is 2.89 bits per heavy atom. The monoisotopic (exact) mass is 298 g/mol. The highest BCUT2D eigenvalue weighted by Gasteiger charge is 2.15. The van der Waals surface area contributed by atoms with Crippen molar-refractivity contribution in [2.45, 2.75) is 32.6 Å². The Labute approximate surface area is 123 Å². The van der Waals surface area contributed by atoms with E-state index in [9.17, 15) is 4.79 Å². The molecular formula is C14H16Cl2N2O. The van der Waals surface area contributed by atoms with E-state index in [0.29, 0.717) is 21.5 Å². The van der Waals surface area contributed by atoms with Crippen LogP contribution in [0.2, 0.25) is 10.0 Å². The summed E-state index contributed by atoms with van der Waals surface area (Å²) in [4.78, 5) is 12.0. The normalized spacial score (nSPS) is 21.4. The number of hydrogen-bond acceptors (Lipinski definition) is 2. The maximum absolute atomic E-state index is 12.0. The van der Waals surface area contributed by atoms with Gasteiger partial charge in [-0.05, 0) is 49.8 Å². The van der Waals surface area contributed by atoms with E-state index in [1.165, 1.54) is 6.42 Å². The molecular weight excluding hydrogens is 283 g/mol. The molecule has 1 fully saturated rings. The number of nitrogens with zero attached hydrogens (tertiary/aromatic N) is 1. The molecule has 2 rings (SSSR count). The number of carbonyl (C=O) groups excluding carboxylic acids is 1. The predicted molar refractivity (Wildman–Crippen MR) is 79.0 cm³/mol. The van der Waals surface area contributed by atoms with Crippen molar-refractivity contribution in [2.24, 2.45) is 11.0 Å². The molecule has 5 heteroatoms. The lowest BCUT2D eigenvalue weighted by Crippen LogP contribution is -2.22. The van der Waals surface area contributed by atoms with Gasteiger partial charge in [0.05, 0.1) is 10.6 Å². The molecule has 1 N–H and O–H groups in total. The van der Waals surface area contributed by atoms with Crippen LogP contribution in [-0.2, 0) is 0 Å². The van der Waals surface area contributed by atoms with E-state index in [1.807, 2.05) is 0 Å². The van der Waals surface area contributed by atoms with Gasteiger partial charge in [-0.2, -0.15) is 5.10 Å². The first kappa shape index (κ1) is 14.4. The summed E-state index contributed by atoms with van der Waals surface area (Å²) in [5.41, 5.74) is 4.01. The fraction of sp³-hybridized carbons (Fsp3) is 0.429. The highest BCUT2D eigenvalue weighted by Crippen LogP contribution is 2.22. The Morgan fingerprint density at radius 1 is 1.42 bits per heavy atom. The van der Waals surface area contributed by atoms with E-state index in [-0.39, 0.29) is 5.91 Å². The minimum atomic E-state index is -0.299. The topological polar surface area (TPSA) is 41.5 Å². The highest BCUT2D eigenvalue weighted by molar-refractivity contribution is 6.36. The van der Waals surface area contributed by atoms with Crippen LogP contribution >= 0.6 is 23.2 Å². The van der Waals surface area contributed by atoms with Gasteiger partial charge in [-0.3, -0.25) is 4.79 Å². The summed E-state index contributed by atoms with van der Waals surface area (Å²) in [7, 11) is 0. The molecule has 0 radical (unpaired) electrons. The summed E-state index contributed by atoms with van der Waals surface area (Å²) >= 11 is 11.8. The third-order valence-corrected chi connectivity index (χ3v) is 3.79. The Bertz CT molecular complexity index is 514. The van der Waals surface area contributed by atoms with Crippen LogP contribution in [0.15, 0.2) is 23.3 Å². The second-order valence-electron chi connectivity index (χ2n) is 4.94. The lowest BCUT2D eigenvalue weighted by atomic mass is 9.89. The molecule has 19 heavy (non-hydrogen) atoms. The van der Waals surface area contributed by atoms with Crippen molar-refractivity contribution in [1.29, 1.82) is 0 Å². The Balaban J connectivity index is 2.03. The van der Waals surface area contributed by atoms with Crippen molar-refractivity contribution < 1.29 is 4.79 Å². The lowest BCUT2D eigenvalue weighted by molar-refractivity contribution is 0.0954. The minimum Gasteiger partial charge on any atom is -0.267 e. The first-order chi connectivity index (χ1) is 9.06. The van der Waals surface area contributed by atoms with Crippen molar-refractivity contribution in [1.82, 2.24) is 5.43 Å². The molecule has 1 unspecified atom stereocenters. The number of nitrogens with one attached hydrogen (secondary N) is 1. The number of carbonyl (C=O) groups is 1. The smallest absolute Gasteiger partial charge is 0.267 e. The molecule has 0 spiro atoms. The number of hydrazone groups is 1. The van der Waals surface area contributed by atoms with Gasteiger partial charge in [0, 0.05) is 10.7 Å². The fourth-order valence-corrected chi connectivity index (χ4v) is 2.72. The first-order valence-corrected chi connectivity index (χ1v) is 7.12. The van der Waals surface area contributed by atoms with Gasteiger partial charge in [0.1, 0.15) is 0 Å². The number of amides is 1. The van der Waals surface area contributed by atoms with E-state index < -0.39 is 0 Å². The van der Waals surface area contributed by atoms with Gasteiger partial charge in [-0.1, -0.05) is 30.1 Å². The highest BCUT2D eigenvalue weighted by atomic mass is 35.5. The third-order valence-electron chi connectivity index (χ3n) is 3.24. The molecule has 1 aliphatic rings. The molecule has 3 nitrogen and oxygen atoms in total. The average Bonchev–Trinajstić information content (AvgIpc) is 2.36. The van der Waals surface area contributed by atoms with E-state index in [1.54, 1.807) is 18.2 Å². The van der Waals surface area contributed by atoms with Crippen LogP contribution in [0.3, 0.4) is 0 Å². The van der Waals surface area contributed by atoms with Crippen LogP contribution in [0.1, 0.15) is 43.0 Å². The summed E-state index contributed by atoms with van der Waals surface area (Å²) < 4.78 is 0.